The van der Waals surface area contributed by atoms with Crippen molar-refractivity contribution in [3.8, 4) is 0 Å². The number of nitrogens with zero attached hydrogens (tertiary/aromatic N) is 2. The molecule has 0 saturated heterocycles. The molecule has 0 heterocycles. The van der Waals surface area contributed by atoms with Crippen molar-refractivity contribution < 1.29 is 0 Å². The fourth-order valence-corrected chi connectivity index (χ4v) is 3.26. The van der Waals surface area contributed by atoms with Gasteiger partial charge in [0.1, 0.15) is 0 Å². The standard InChI is InChI=1S/C25H26N2/c1-19-14-20(2)16-23(15-19)25(27-18-21-10-6-4-7-11-21)17-24(26-3)22-12-8-5-9-13-22/h4,6-8,10-17H,3,5,9,18H2,1-2H3/b24-17-,27-25?. The molecule has 1 aliphatic carbocycles. The van der Waals surface area contributed by atoms with Crippen molar-refractivity contribution in [2.24, 2.45) is 9.98 Å². The highest BCUT2D eigenvalue weighted by Crippen LogP contribution is 2.21. The number of hydrogen-bond donors (Lipinski definition) is 0. The number of allylic oxidation sites excluding steroid dienone is 4. The highest BCUT2D eigenvalue weighted by Gasteiger charge is 2.08. The minimum atomic E-state index is 0.638. The van der Waals surface area contributed by atoms with Crippen LogP contribution in [0, 0.1) is 13.8 Å². The fourth-order valence-electron chi connectivity index (χ4n) is 3.26. The highest BCUT2D eigenvalue weighted by atomic mass is 14.8. The van der Waals surface area contributed by atoms with Gasteiger partial charge in [0.25, 0.3) is 0 Å². The predicted molar refractivity (Wildman–Crippen MR) is 117 cm³/mol. The molecule has 0 amide bonds. The van der Waals surface area contributed by atoms with E-state index in [0.717, 1.165) is 35.4 Å². The van der Waals surface area contributed by atoms with Crippen LogP contribution >= 0.6 is 0 Å². The molecule has 0 bridgehead atoms. The molecule has 2 nitrogen and oxygen atoms in total. The summed E-state index contributed by atoms with van der Waals surface area (Å²) in [7, 11) is 0. The molecule has 0 radical (unpaired) electrons. The van der Waals surface area contributed by atoms with Crippen LogP contribution in [0.1, 0.15) is 35.1 Å². The van der Waals surface area contributed by atoms with Crippen molar-refractivity contribution in [3.05, 3.63) is 106 Å². The Labute approximate surface area is 162 Å². The summed E-state index contributed by atoms with van der Waals surface area (Å²) in [6.07, 6.45) is 10.7. The summed E-state index contributed by atoms with van der Waals surface area (Å²) < 4.78 is 0. The maximum absolute atomic E-state index is 4.93. The normalized spacial score (nSPS) is 14.8. The molecule has 0 fully saturated rings. The maximum Gasteiger partial charge on any atom is 0.0712 e. The van der Waals surface area contributed by atoms with E-state index in [0.29, 0.717) is 6.54 Å². The lowest BCUT2D eigenvalue weighted by atomic mass is 9.99. The summed E-state index contributed by atoms with van der Waals surface area (Å²) in [6, 6.07) is 16.9. The van der Waals surface area contributed by atoms with E-state index in [9.17, 15) is 0 Å². The fraction of sp³-hybridized carbons (Fsp3) is 0.200. The van der Waals surface area contributed by atoms with Crippen LogP contribution in [0.2, 0.25) is 0 Å². The van der Waals surface area contributed by atoms with Crippen LogP contribution < -0.4 is 0 Å². The molecule has 27 heavy (non-hydrogen) atoms. The summed E-state index contributed by atoms with van der Waals surface area (Å²) in [4.78, 5) is 9.22. The van der Waals surface area contributed by atoms with Gasteiger partial charge in [-0.15, -0.1) is 0 Å². The number of hydrogen-bond acceptors (Lipinski definition) is 2. The zero-order chi connectivity index (χ0) is 19.1. The summed E-state index contributed by atoms with van der Waals surface area (Å²) in [5.74, 6) is 0. The second-order valence-electron chi connectivity index (χ2n) is 6.89. The minimum absolute atomic E-state index is 0.638. The van der Waals surface area contributed by atoms with Gasteiger partial charge in [0.2, 0.25) is 0 Å². The molecule has 1 aliphatic rings. The first-order valence-corrected chi connectivity index (χ1v) is 9.38. The first-order valence-electron chi connectivity index (χ1n) is 9.38. The Kier molecular flexibility index (Phi) is 6.32. The van der Waals surface area contributed by atoms with Crippen LogP contribution in [-0.2, 0) is 6.54 Å². The Hall–Kier alpha value is -3.00. The van der Waals surface area contributed by atoms with Crippen LogP contribution in [0.4, 0.5) is 0 Å². The molecule has 2 heteroatoms. The summed E-state index contributed by atoms with van der Waals surface area (Å²) in [5.41, 5.74) is 7.70. The largest absolute Gasteiger partial charge is 0.280 e. The maximum atomic E-state index is 4.93. The van der Waals surface area contributed by atoms with Gasteiger partial charge in [-0.1, -0.05) is 65.8 Å². The lowest BCUT2D eigenvalue weighted by Gasteiger charge is -2.10. The first-order chi connectivity index (χ1) is 13.2. The van der Waals surface area contributed by atoms with Crippen LogP contribution in [0.3, 0.4) is 0 Å². The van der Waals surface area contributed by atoms with E-state index in [4.69, 9.17) is 4.99 Å². The van der Waals surface area contributed by atoms with Crippen molar-refractivity contribution in [1.29, 1.82) is 0 Å². The third kappa shape index (κ3) is 5.24. The molecular formula is C25H26N2. The minimum Gasteiger partial charge on any atom is -0.280 e. The van der Waals surface area contributed by atoms with E-state index in [1.807, 2.05) is 18.2 Å². The molecule has 2 aromatic carbocycles. The SMILES string of the molecule is C=N/C(=C\C(=NCc1ccccc1)c1cc(C)cc(C)c1)C1=CCCC=C1. The van der Waals surface area contributed by atoms with E-state index in [-0.39, 0.29) is 0 Å². The predicted octanol–water partition coefficient (Wildman–Crippen LogP) is 6.15. The third-order valence-electron chi connectivity index (χ3n) is 4.53. The number of benzene rings is 2. The van der Waals surface area contributed by atoms with Gasteiger partial charge in [-0.25, -0.2) is 0 Å². The van der Waals surface area contributed by atoms with Gasteiger partial charge in [0.15, 0.2) is 0 Å². The van der Waals surface area contributed by atoms with Crippen LogP contribution in [-0.4, -0.2) is 12.4 Å². The Morgan fingerprint density at radius 2 is 1.78 bits per heavy atom. The average molecular weight is 354 g/mol. The van der Waals surface area contributed by atoms with Gasteiger partial charge in [-0.3, -0.25) is 9.98 Å². The average Bonchev–Trinajstić information content (AvgIpc) is 2.69. The smallest absolute Gasteiger partial charge is 0.0712 e. The van der Waals surface area contributed by atoms with Gasteiger partial charge in [-0.2, -0.15) is 0 Å². The van der Waals surface area contributed by atoms with Crippen molar-refractivity contribution in [2.45, 2.75) is 33.2 Å². The zero-order valence-electron chi connectivity index (χ0n) is 16.2. The van der Waals surface area contributed by atoms with Gasteiger partial charge in [0, 0.05) is 5.56 Å². The molecular weight excluding hydrogens is 328 g/mol. The Balaban J connectivity index is 2.03. The molecule has 3 rings (SSSR count). The molecule has 0 atom stereocenters. The van der Waals surface area contributed by atoms with Crippen molar-refractivity contribution in [1.82, 2.24) is 0 Å². The summed E-state index contributed by atoms with van der Waals surface area (Å²) in [6.45, 7) is 8.66. The van der Waals surface area contributed by atoms with E-state index in [2.05, 4.69) is 80.2 Å². The van der Waals surface area contributed by atoms with E-state index < -0.39 is 0 Å². The monoisotopic (exact) mass is 354 g/mol. The summed E-state index contributed by atoms with van der Waals surface area (Å²) in [5, 5.41) is 0. The topological polar surface area (TPSA) is 24.7 Å². The first kappa shape index (κ1) is 18.8. The molecule has 0 unspecified atom stereocenters. The van der Waals surface area contributed by atoms with E-state index in [1.54, 1.807) is 0 Å². The molecule has 0 aliphatic heterocycles. The lowest BCUT2D eigenvalue weighted by Crippen LogP contribution is -2.02. The lowest BCUT2D eigenvalue weighted by molar-refractivity contribution is 1.02. The van der Waals surface area contributed by atoms with Crippen molar-refractivity contribution in [2.75, 3.05) is 0 Å². The molecule has 0 saturated carbocycles. The van der Waals surface area contributed by atoms with Crippen molar-refractivity contribution >= 4 is 12.4 Å². The second-order valence-corrected chi connectivity index (χ2v) is 6.89. The summed E-state index contributed by atoms with van der Waals surface area (Å²) >= 11 is 0. The molecule has 0 N–H and O–H groups in total. The van der Waals surface area contributed by atoms with Gasteiger partial charge < -0.3 is 0 Å². The van der Waals surface area contributed by atoms with Crippen LogP contribution in [0.15, 0.2) is 94.1 Å². The molecule has 136 valence electrons. The van der Waals surface area contributed by atoms with Gasteiger partial charge in [-0.05, 0) is 62.8 Å². The zero-order valence-corrected chi connectivity index (χ0v) is 16.2. The highest BCUT2D eigenvalue weighted by molar-refractivity contribution is 6.09. The van der Waals surface area contributed by atoms with Crippen molar-refractivity contribution in [3.63, 3.8) is 0 Å². The molecule has 0 aromatic heterocycles. The Bertz CT molecular complexity index is 908. The van der Waals surface area contributed by atoms with E-state index >= 15 is 0 Å². The Morgan fingerprint density at radius 3 is 2.41 bits per heavy atom. The molecule has 2 aromatic rings. The van der Waals surface area contributed by atoms with Gasteiger partial charge >= 0.3 is 0 Å². The van der Waals surface area contributed by atoms with E-state index in [1.165, 1.54) is 16.7 Å². The molecule has 0 spiro atoms. The number of aryl methyl sites for hydroxylation is 2. The number of rotatable bonds is 6. The quantitative estimate of drug-likeness (QED) is 0.556. The number of aliphatic imine (C=N–C) groups is 2. The van der Waals surface area contributed by atoms with Gasteiger partial charge in [0.05, 0.1) is 18.0 Å². The van der Waals surface area contributed by atoms with Crippen LogP contribution in [0.25, 0.3) is 0 Å². The second kappa shape index (κ2) is 9.09. The van der Waals surface area contributed by atoms with Crippen LogP contribution in [0.5, 0.6) is 0 Å². The third-order valence-corrected chi connectivity index (χ3v) is 4.53. The Morgan fingerprint density at radius 1 is 1.04 bits per heavy atom.